The number of aromatic nitrogens is 5. The summed E-state index contributed by atoms with van der Waals surface area (Å²) >= 11 is 6.35. The van der Waals surface area contributed by atoms with Gasteiger partial charge in [0.05, 0.1) is 24.4 Å². The molecule has 1 saturated carbocycles. The molecule has 128 valence electrons. The van der Waals surface area contributed by atoms with Crippen molar-refractivity contribution in [3.05, 3.63) is 54.6 Å². The van der Waals surface area contributed by atoms with Gasteiger partial charge in [-0.3, -0.25) is 9.78 Å². The van der Waals surface area contributed by atoms with Gasteiger partial charge in [0.1, 0.15) is 12.2 Å². The molecule has 3 aromatic heterocycles. The summed E-state index contributed by atoms with van der Waals surface area (Å²) in [6.07, 6.45) is 12.5. The fourth-order valence-corrected chi connectivity index (χ4v) is 2.89. The number of imidazole rings is 1. The molecule has 0 spiro atoms. The van der Waals surface area contributed by atoms with Crippen LogP contribution >= 0.6 is 11.6 Å². The van der Waals surface area contributed by atoms with Gasteiger partial charge in [-0.15, -0.1) is 0 Å². The second-order valence-corrected chi connectivity index (χ2v) is 6.50. The molecule has 3 heterocycles. The number of carbonyl (C=O) groups is 1. The SMILES string of the molecule is O=C(Cn1ccnc1)N(CC1CC1)c1cn(-c2cccnc2)nc1Cl. The maximum atomic E-state index is 12.8. The van der Waals surface area contributed by atoms with Crippen LogP contribution in [0.2, 0.25) is 5.15 Å². The topological polar surface area (TPSA) is 68.8 Å². The lowest BCUT2D eigenvalue weighted by Crippen LogP contribution is -2.35. The van der Waals surface area contributed by atoms with Crippen molar-refractivity contribution < 1.29 is 4.79 Å². The van der Waals surface area contributed by atoms with Crippen molar-refractivity contribution in [1.82, 2.24) is 24.3 Å². The minimum absolute atomic E-state index is 0.0301. The first-order valence-corrected chi connectivity index (χ1v) is 8.50. The van der Waals surface area contributed by atoms with Crippen LogP contribution in [-0.4, -0.2) is 36.8 Å². The van der Waals surface area contributed by atoms with Gasteiger partial charge in [0.2, 0.25) is 5.91 Å². The molecule has 0 radical (unpaired) electrons. The highest BCUT2D eigenvalue weighted by Gasteiger charge is 2.30. The predicted molar refractivity (Wildman–Crippen MR) is 93.7 cm³/mol. The molecular formula is C17H17ClN6O. The lowest BCUT2D eigenvalue weighted by Gasteiger charge is -2.21. The summed E-state index contributed by atoms with van der Waals surface area (Å²) in [6, 6.07) is 3.72. The van der Waals surface area contributed by atoms with Gasteiger partial charge in [-0.05, 0) is 30.9 Å². The van der Waals surface area contributed by atoms with E-state index in [1.54, 1.807) is 51.5 Å². The van der Waals surface area contributed by atoms with E-state index in [4.69, 9.17) is 11.6 Å². The van der Waals surface area contributed by atoms with Gasteiger partial charge in [-0.2, -0.15) is 5.10 Å². The number of halogens is 1. The molecule has 8 heteroatoms. The number of carbonyl (C=O) groups excluding carboxylic acids is 1. The van der Waals surface area contributed by atoms with E-state index in [0.717, 1.165) is 18.5 Å². The number of pyridine rings is 1. The second-order valence-electron chi connectivity index (χ2n) is 6.14. The Hall–Kier alpha value is -2.67. The average molecular weight is 357 g/mol. The Labute approximate surface area is 149 Å². The summed E-state index contributed by atoms with van der Waals surface area (Å²) in [4.78, 5) is 22.7. The molecule has 0 bridgehead atoms. The summed E-state index contributed by atoms with van der Waals surface area (Å²) in [6.45, 7) is 0.882. The standard InChI is InChI=1S/C17H17ClN6O/c18-17-15(10-24(21-17)14-2-1-5-19-8-14)23(9-13-3-4-13)16(25)11-22-7-6-20-12-22/h1-2,5-8,10,12-13H,3-4,9,11H2. The van der Waals surface area contributed by atoms with E-state index < -0.39 is 0 Å². The van der Waals surface area contributed by atoms with Gasteiger partial charge in [-0.25, -0.2) is 9.67 Å². The normalized spacial score (nSPS) is 13.8. The van der Waals surface area contributed by atoms with Crippen LogP contribution in [0, 0.1) is 5.92 Å². The first-order chi connectivity index (χ1) is 12.2. The molecule has 25 heavy (non-hydrogen) atoms. The number of hydrogen-bond acceptors (Lipinski definition) is 4. The molecule has 3 aromatic rings. The summed E-state index contributed by atoms with van der Waals surface area (Å²) in [5.41, 5.74) is 1.42. The number of nitrogens with zero attached hydrogens (tertiary/aromatic N) is 6. The highest BCUT2D eigenvalue weighted by molar-refractivity contribution is 6.32. The molecule has 1 fully saturated rings. The Balaban J connectivity index is 1.62. The van der Waals surface area contributed by atoms with E-state index in [0.29, 0.717) is 23.3 Å². The molecule has 0 saturated heterocycles. The maximum absolute atomic E-state index is 12.8. The van der Waals surface area contributed by atoms with Crippen LogP contribution < -0.4 is 4.90 Å². The highest BCUT2D eigenvalue weighted by Crippen LogP contribution is 2.34. The number of amides is 1. The monoisotopic (exact) mass is 356 g/mol. The van der Waals surface area contributed by atoms with Gasteiger partial charge in [0.15, 0.2) is 5.15 Å². The van der Waals surface area contributed by atoms with Crippen LogP contribution in [-0.2, 0) is 11.3 Å². The Morgan fingerprint density at radius 2 is 2.20 bits per heavy atom. The quantitative estimate of drug-likeness (QED) is 0.680. The van der Waals surface area contributed by atoms with E-state index in [1.165, 1.54) is 0 Å². The Morgan fingerprint density at radius 3 is 2.88 bits per heavy atom. The van der Waals surface area contributed by atoms with E-state index in [2.05, 4.69) is 15.1 Å². The Morgan fingerprint density at radius 1 is 1.32 bits per heavy atom. The highest BCUT2D eigenvalue weighted by atomic mass is 35.5. The zero-order valence-electron chi connectivity index (χ0n) is 13.5. The van der Waals surface area contributed by atoms with Crippen LogP contribution in [0.15, 0.2) is 49.4 Å². The smallest absolute Gasteiger partial charge is 0.247 e. The molecular weight excluding hydrogens is 340 g/mol. The minimum atomic E-state index is -0.0301. The molecule has 0 aromatic carbocycles. The van der Waals surface area contributed by atoms with Crippen LogP contribution in [0.1, 0.15) is 12.8 Å². The molecule has 1 amide bonds. The number of anilines is 1. The fourth-order valence-electron chi connectivity index (χ4n) is 2.66. The van der Waals surface area contributed by atoms with Crippen LogP contribution in [0.4, 0.5) is 5.69 Å². The largest absolute Gasteiger partial charge is 0.328 e. The first kappa shape index (κ1) is 15.8. The maximum Gasteiger partial charge on any atom is 0.247 e. The van der Waals surface area contributed by atoms with Crippen molar-refractivity contribution in [1.29, 1.82) is 0 Å². The van der Waals surface area contributed by atoms with Gasteiger partial charge in [-0.1, -0.05) is 11.6 Å². The van der Waals surface area contributed by atoms with Gasteiger partial charge >= 0.3 is 0 Å². The molecule has 0 unspecified atom stereocenters. The van der Waals surface area contributed by atoms with Gasteiger partial charge in [0.25, 0.3) is 0 Å². The first-order valence-electron chi connectivity index (χ1n) is 8.12. The fraction of sp³-hybridized carbons (Fsp3) is 0.294. The van der Waals surface area contributed by atoms with Crippen molar-refractivity contribution >= 4 is 23.2 Å². The zero-order chi connectivity index (χ0) is 17.2. The molecule has 1 aliphatic rings. The van der Waals surface area contributed by atoms with Crippen LogP contribution in [0.5, 0.6) is 0 Å². The molecule has 1 aliphatic carbocycles. The summed E-state index contributed by atoms with van der Waals surface area (Å²) < 4.78 is 3.40. The number of rotatable bonds is 6. The molecule has 0 atom stereocenters. The minimum Gasteiger partial charge on any atom is -0.328 e. The van der Waals surface area contributed by atoms with Crippen LogP contribution in [0.3, 0.4) is 0 Å². The lowest BCUT2D eigenvalue weighted by atomic mass is 10.3. The van der Waals surface area contributed by atoms with E-state index in [9.17, 15) is 4.79 Å². The van der Waals surface area contributed by atoms with Crippen molar-refractivity contribution in [2.45, 2.75) is 19.4 Å². The third-order valence-electron chi connectivity index (χ3n) is 4.17. The molecule has 7 nitrogen and oxygen atoms in total. The zero-order valence-corrected chi connectivity index (χ0v) is 14.3. The summed E-state index contributed by atoms with van der Waals surface area (Å²) in [5, 5.41) is 4.65. The van der Waals surface area contributed by atoms with E-state index in [-0.39, 0.29) is 12.5 Å². The van der Waals surface area contributed by atoms with Crippen molar-refractivity contribution in [3.63, 3.8) is 0 Å². The Bertz CT molecular complexity index is 857. The summed E-state index contributed by atoms with van der Waals surface area (Å²) in [5.74, 6) is 0.502. The van der Waals surface area contributed by atoms with Crippen molar-refractivity contribution in [2.75, 3.05) is 11.4 Å². The lowest BCUT2D eigenvalue weighted by molar-refractivity contribution is -0.119. The van der Waals surface area contributed by atoms with E-state index in [1.807, 2.05) is 12.1 Å². The third-order valence-corrected chi connectivity index (χ3v) is 4.44. The molecule has 4 rings (SSSR count). The van der Waals surface area contributed by atoms with Crippen LogP contribution in [0.25, 0.3) is 5.69 Å². The Kier molecular flexibility index (Phi) is 4.23. The van der Waals surface area contributed by atoms with Crippen molar-refractivity contribution in [3.8, 4) is 5.69 Å². The van der Waals surface area contributed by atoms with Gasteiger partial charge < -0.3 is 9.47 Å². The predicted octanol–water partition coefficient (Wildman–Crippen LogP) is 2.56. The average Bonchev–Trinajstić information content (AvgIpc) is 3.15. The molecule has 0 aliphatic heterocycles. The van der Waals surface area contributed by atoms with Crippen molar-refractivity contribution in [2.24, 2.45) is 5.92 Å². The second kappa shape index (κ2) is 6.68. The van der Waals surface area contributed by atoms with Gasteiger partial charge in [0, 0.05) is 25.1 Å². The third kappa shape index (κ3) is 3.56. The number of hydrogen-bond donors (Lipinski definition) is 0. The molecule has 0 N–H and O–H groups in total. The van der Waals surface area contributed by atoms with E-state index >= 15 is 0 Å². The summed E-state index contributed by atoms with van der Waals surface area (Å²) in [7, 11) is 0.